The fourth-order valence-electron chi connectivity index (χ4n) is 1.58. The lowest BCUT2D eigenvalue weighted by atomic mass is 10.1. The molecule has 0 fully saturated rings. The number of halogens is 2. The van der Waals surface area contributed by atoms with Crippen molar-refractivity contribution in [3.05, 3.63) is 22.2 Å². The molecule has 1 unspecified atom stereocenters. The monoisotopic (exact) mass is 339 g/mol. The first kappa shape index (κ1) is 17.0. The number of benzene rings is 1. The number of nitrogens with two attached hydrogens (primary N) is 2. The van der Waals surface area contributed by atoms with E-state index in [1.807, 2.05) is 0 Å². The third kappa shape index (κ3) is 3.76. The molecule has 1 amide bonds. The first-order chi connectivity index (χ1) is 9.06. The van der Waals surface area contributed by atoms with Crippen LogP contribution in [0.3, 0.4) is 0 Å². The molecule has 1 atom stereocenters. The standard InChI is InChI=1S/C11H15Cl2N3O3S/c1-5(2)9(11(15)17)16-20(18,19)10-7(12)3-6(14)4-8(10)13/h3-5,9,16H,14H2,1-2H3,(H2,15,17). The second-order valence-corrected chi connectivity index (χ2v) is 7.02. The van der Waals surface area contributed by atoms with E-state index in [1.165, 1.54) is 12.1 Å². The van der Waals surface area contributed by atoms with E-state index in [0.29, 0.717) is 0 Å². The average molecular weight is 340 g/mol. The van der Waals surface area contributed by atoms with Crippen LogP contribution in [0.25, 0.3) is 0 Å². The van der Waals surface area contributed by atoms with Crippen LogP contribution in [0.2, 0.25) is 10.0 Å². The van der Waals surface area contributed by atoms with Gasteiger partial charge in [0, 0.05) is 5.69 Å². The van der Waals surface area contributed by atoms with Crippen molar-refractivity contribution in [3.63, 3.8) is 0 Å². The molecule has 112 valence electrons. The lowest BCUT2D eigenvalue weighted by Gasteiger charge is -2.20. The molecule has 0 heterocycles. The first-order valence-corrected chi connectivity index (χ1v) is 7.86. The summed E-state index contributed by atoms with van der Waals surface area (Å²) in [4.78, 5) is 11.0. The molecule has 0 radical (unpaired) electrons. The fraction of sp³-hybridized carbons (Fsp3) is 0.364. The Hall–Kier alpha value is -1.02. The second-order valence-electron chi connectivity index (χ2n) is 4.56. The van der Waals surface area contributed by atoms with Crippen LogP contribution in [0, 0.1) is 5.92 Å². The van der Waals surface area contributed by atoms with E-state index in [9.17, 15) is 13.2 Å². The molecule has 9 heteroatoms. The van der Waals surface area contributed by atoms with Crippen molar-refractivity contribution in [1.29, 1.82) is 0 Å². The van der Waals surface area contributed by atoms with E-state index in [1.54, 1.807) is 13.8 Å². The molecule has 0 aromatic heterocycles. The van der Waals surface area contributed by atoms with E-state index in [4.69, 9.17) is 34.7 Å². The zero-order chi connectivity index (χ0) is 15.7. The highest BCUT2D eigenvalue weighted by atomic mass is 35.5. The molecular weight excluding hydrogens is 325 g/mol. The van der Waals surface area contributed by atoms with E-state index in [0.717, 1.165) is 0 Å². The molecule has 0 spiro atoms. The Labute approximate surface area is 127 Å². The average Bonchev–Trinajstić information content (AvgIpc) is 2.23. The minimum Gasteiger partial charge on any atom is -0.399 e. The van der Waals surface area contributed by atoms with Gasteiger partial charge in [-0.05, 0) is 18.1 Å². The van der Waals surface area contributed by atoms with Crippen molar-refractivity contribution >= 4 is 44.8 Å². The molecule has 20 heavy (non-hydrogen) atoms. The lowest BCUT2D eigenvalue weighted by Crippen LogP contribution is -2.47. The van der Waals surface area contributed by atoms with Gasteiger partial charge in [0.1, 0.15) is 10.9 Å². The SMILES string of the molecule is CC(C)C(NS(=O)(=O)c1c(Cl)cc(N)cc1Cl)C(N)=O. The summed E-state index contributed by atoms with van der Waals surface area (Å²) in [6.45, 7) is 3.31. The van der Waals surface area contributed by atoms with Gasteiger partial charge in [0.15, 0.2) is 0 Å². The molecule has 5 N–H and O–H groups in total. The van der Waals surface area contributed by atoms with Gasteiger partial charge in [-0.15, -0.1) is 0 Å². The maximum absolute atomic E-state index is 12.3. The minimum atomic E-state index is -4.10. The number of carbonyl (C=O) groups is 1. The summed E-state index contributed by atoms with van der Waals surface area (Å²) in [5.41, 5.74) is 10.9. The first-order valence-electron chi connectivity index (χ1n) is 5.62. The number of hydrogen-bond acceptors (Lipinski definition) is 4. The molecule has 0 aliphatic heterocycles. The number of anilines is 1. The summed E-state index contributed by atoms with van der Waals surface area (Å²) < 4.78 is 26.7. The van der Waals surface area contributed by atoms with Gasteiger partial charge in [-0.25, -0.2) is 8.42 Å². The predicted octanol–water partition coefficient (Wildman–Crippen LogP) is 1.36. The number of sulfonamides is 1. The van der Waals surface area contributed by atoms with Gasteiger partial charge >= 0.3 is 0 Å². The summed E-state index contributed by atoms with van der Waals surface area (Å²) in [7, 11) is -4.10. The zero-order valence-corrected chi connectivity index (χ0v) is 13.2. The molecule has 6 nitrogen and oxygen atoms in total. The van der Waals surface area contributed by atoms with Crippen LogP contribution in [0.1, 0.15) is 13.8 Å². The molecule has 0 saturated heterocycles. The highest BCUT2D eigenvalue weighted by Crippen LogP contribution is 2.32. The maximum atomic E-state index is 12.3. The fourth-order valence-corrected chi connectivity index (χ4v) is 4.17. The predicted molar refractivity (Wildman–Crippen MR) is 79.0 cm³/mol. The molecule has 0 bridgehead atoms. The Kier molecular flexibility index (Phi) is 5.26. The van der Waals surface area contributed by atoms with Gasteiger partial charge in [0.2, 0.25) is 15.9 Å². The number of nitrogen functional groups attached to an aromatic ring is 1. The molecule has 0 aliphatic rings. The quantitative estimate of drug-likeness (QED) is 0.702. The summed E-state index contributed by atoms with van der Waals surface area (Å²) >= 11 is 11.7. The van der Waals surface area contributed by atoms with Crippen LogP contribution >= 0.6 is 23.2 Å². The Morgan fingerprint density at radius 1 is 1.25 bits per heavy atom. The van der Waals surface area contributed by atoms with Crippen LogP contribution in [0.15, 0.2) is 17.0 Å². The van der Waals surface area contributed by atoms with Crippen LogP contribution in [0.5, 0.6) is 0 Å². The molecule has 1 aromatic carbocycles. The van der Waals surface area contributed by atoms with Gasteiger partial charge in [-0.3, -0.25) is 4.79 Å². The van der Waals surface area contributed by atoms with Crippen LogP contribution in [-0.2, 0) is 14.8 Å². The minimum absolute atomic E-state index is 0.130. The Morgan fingerprint density at radius 3 is 2.05 bits per heavy atom. The van der Waals surface area contributed by atoms with E-state index < -0.39 is 22.0 Å². The molecule has 0 aliphatic carbocycles. The third-order valence-electron chi connectivity index (χ3n) is 2.54. The van der Waals surface area contributed by atoms with Crippen molar-refractivity contribution in [3.8, 4) is 0 Å². The summed E-state index contributed by atoms with van der Waals surface area (Å²) in [5.74, 6) is -1.11. The van der Waals surface area contributed by atoms with Crippen LogP contribution < -0.4 is 16.2 Å². The van der Waals surface area contributed by atoms with Gasteiger partial charge in [-0.1, -0.05) is 37.0 Å². The Bertz CT molecular complexity index is 609. The Morgan fingerprint density at radius 2 is 1.70 bits per heavy atom. The van der Waals surface area contributed by atoms with Crippen molar-refractivity contribution < 1.29 is 13.2 Å². The topological polar surface area (TPSA) is 115 Å². The summed E-state index contributed by atoms with van der Waals surface area (Å²) in [5, 5.41) is -0.260. The zero-order valence-electron chi connectivity index (χ0n) is 10.9. The van der Waals surface area contributed by atoms with Crippen molar-refractivity contribution in [1.82, 2.24) is 4.72 Å². The molecule has 1 aromatic rings. The molecule has 0 saturated carbocycles. The highest BCUT2D eigenvalue weighted by molar-refractivity contribution is 7.89. The number of carbonyl (C=O) groups excluding carboxylic acids is 1. The van der Waals surface area contributed by atoms with Gasteiger partial charge in [0.05, 0.1) is 10.0 Å². The normalized spacial score (nSPS) is 13.4. The largest absolute Gasteiger partial charge is 0.399 e. The van der Waals surface area contributed by atoms with Crippen LogP contribution in [0.4, 0.5) is 5.69 Å². The number of rotatable bonds is 5. The van der Waals surface area contributed by atoms with E-state index in [2.05, 4.69) is 4.72 Å². The van der Waals surface area contributed by atoms with Crippen LogP contribution in [-0.4, -0.2) is 20.4 Å². The summed E-state index contributed by atoms with van der Waals surface area (Å²) in [6, 6.07) is 1.46. The highest BCUT2D eigenvalue weighted by Gasteiger charge is 2.29. The van der Waals surface area contributed by atoms with Crippen molar-refractivity contribution in [2.24, 2.45) is 11.7 Å². The summed E-state index contributed by atoms with van der Waals surface area (Å²) in [6.07, 6.45) is 0. The maximum Gasteiger partial charge on any atom is 0.244 e. The Balaban J connectivity index is 3.28. The molecule has 1 rings (SSSR count). The number of hydrogen-bond donors (Lipinski definition) is 3. The smallest absolute Gasteiger partial charge is 0.244 e. The van der Waals surface area contributed by atoms with E-state index >= 15 is 0 Å². The van der Waals surface area contributed by atoms with Crippen molar-refractivity contribution in [2.45, 2.75) is 24.8 Å². The van der Waals surface area contributed by atoms with Crippen molar-refractivity contribution in [2.75, 3.05) is 5.73 Å². The number of primary amides is 1. The second kappa shape index (κ2) is 6.17. The number of nitrogens with one attached hydrogen (secondary N) is 1. The third-order valence-corrected chi connectivity index (χ3v) is 4.91. The van der Waals surface area contributed by atoms with Gasteiger partial charge in [0.25, 0.3) is 0 Å². The van der Waals surface area contributed by atoms with E-state index in [-0.39, 0.29) is 26.5 Å². The van der Waals surface area contributed by atoms with Gasteiger partial charge in [-0.2, -0.15) is 4.72 Å². The lowest BCUT2D eigenvalue weighted by molar-refractivity contribution is -0.120. The van der Waals surface area contributed by atoms with Gasteiger partial charge < -0.3 is 11.5 Å². The number of amides is 1. The molecular formula is C11H15Cl2N3O3S.